The standard InChI is InChI=1S/C3H5N3O.ClH/c4-2-1-3(7)6-5-2;/h1H,(H4,4,5,6,7);1H. The molecule has 0 saturated carbocycles. The van der Waals surface area contributed by atoms with Crippen LogP contribution in [0.5, 0.6) is 0 Å². The molecule has 1 aromatic heterocycles. The maximum absolute atomic E-state index is 10.1. The lowest BCUT2D eigenvalue weighted by Gasteiger charge is -1.71. The first-order chi connectivity index (χ1) is 3.29. The molecule has 5 heteroatoms. The van der Waals surface area contributed by atoms with Crippen LogP contribution in [0.15, 0.2) is 10.9 Å². The number of hydrogen-bond acceptors (Lipinski definition) is 2. The molecule has 1 aromatic rings. The Morgan fingerprint density at radius 2 is 2.12 bits per heavy atom. The maximum Gasteiger partial charge on any atom is 0.266 e. The van der Waals surface area contributed by atoms with Gasteiger partial charge in [0.1, 0.15) is 5.82 Å². The molecule has 4 nitrogen and oxygen atoms in total. The predicted molar refractivity (Wildman–Crippen MR) is 33.1 cm³/mol. The van der Waals surface area contributed by atoms with E-state index in [0.29, 0.717) is 5.82 Å². The SMILES string of the molecule is Cl.Nc1cc(=O)[nH][nH]1. The zero-order valence-electron chi connectivity index (χ0n) is 3.97. The summed E-state index contributed by atoms with van der Waals surface area (Å²) in [7, 11) is 0. The summed E-state index contributed by atoms with van der Waals surface area (Å²) in [6.45, 7) is 0. The largest absolute Gasteiger partial charge is 0.384 e. The van der Waals surface area contributed by atoms with E-state index in [1.54, 1.807) is 0 Å². The molecule has 0 aliphatic rings. The Kier molecular flexibility index (Phi) is 2.15. The van der Waals surface area contributed by atoms with Crippen LogP contribution in [0.25, 0.3) is 0 Å². The molecule has 0 fully saturated rings. The van der Waals surface area contributed by atoms with Crippen LogP contribution in [0.1, 0.15) is 0 Å². The minimum atomic E-state index is -0.197. The molecule has 0 aliphatic heterocycles. The molecule has 0 bridgehead atoms. The number of aromatic amines is 2. The van der Waals surface area contributed by atoms with Crippen molar-refractivity contribution in [3.8, 4) is 0 Å². The third kappa shape index (κ3) is 1.31. The quantitative estimate of drug-likeness (QED) is 0.457. The van der Waals surface area contributed by atoms with Gasteiger partial charge in [0.05, 0.1) is 0 Å². The highest BCUT2D eigenvalue weighted by atomic mass is 35.5. The molecule has 0 spiro atoms. The third-order valence-corrected chi connectivity index (χ3v) is 0.617. The van der Waals surface area contributed by atoms with Gasteiger partial charge in [0, 0.05) is 6.07 Å². The highest BCUT2D eigenvalue weighted by Crippen LogP contribution is 1.80. The summed E-state index contributed by atoms with van der Waals surface area (Å²) in [5.41, 5.74) is 4.90. The Morgan fingerprint density at radius 1 is 1.50 bits per heavy atom. The first-order valence-electron chi connectivity index (χ1n) is 1.82. The number of nitrogens with two attached hydrogens (primary N) is 1. The van der Waals surface area contributed by atoms with Crippen molar-refractivity contribution in [2.45, 2.75) is 0 Å². The van der Waals surface area contributed by atoms with Gasteiger partial charge < -0.3 is 5.73 Å². The maximum atomic E-state index is 10.1. The minimum absolute atomic E-state index is 0. The Bertz CT molecular complexity index is 202. The Labute approximate surface area is 51.5 Å². The molecular weight excluding hydrogens is 130 g/mol. The van der Waals surface area contributed by atoms with Gasteiger partial charge in [0.2, 0.25) is 0 Å². The molecule has 4 N–H and O–H groups in total. The Balaban J connectivity index is 0.000000490. The van der Waals surface area contributed by atoms with Gasteiger partial charge in [-0.05, 0) is 0 Å². The summed E-state index contributed by atoms with van der Waals surface area (Å²) >= 11 is 0. The van der Waals surface area contributed by atoms with E-state index in [9.17, 15) is 4.79 Å². The number of nitrogen functional groups attached to an aromatic ring is 1. The van der Waals surface area contributed by atoms with Crippen molar-refractivity contribution in [3.63, 3.8) is 0 Å². The van der Waals surface area contributed by atoms with Crippen LogP contribution < -0.4 is 11.3 Å². The number of H-pyrrole nitrogens is 2. The van der Waals surface area contributed by atoms with Crippen LogP contribution in [0, 0.1) is 0 Å². The Hall–Kier alpha value is -0.900. The van der Waals surface area contributed by atoms with Crippen molar-refractivity contribution in [2.75, 3.05) is 5.73 Å². The monoisotopic (exact) mass is 135 g/mol. The zero-order chi connectivity index (χ0) is 5.28. The molecular formula is C3H6ClN3O. The van der Waals surface area contributed by atoms with E-state index in [-0.39, 0.29) is 18.0 Å². The molecule has 0 unspecified atom stereocenters. The third-order valence-electron chi connectivity index (χ3n) is 0.617. The topological polar surface area (TPSA) is 74.7 Å². The normalized spacial score (nSPS) is 8.00. The van der Waals surface area contributed by atoms with Crippen LogP contribution >= 0.6 is 12.4 Å². The van der Waals surface area contributed by atoms with E-state index in [1.807, 2.05) is 0 Å². The minimum Gasteiger partial charge on any atom is -0.384 e. The summed E-state index contributed by atoms with van der Waals surface area (Å²) in [6, 6.07) is 1.28. The van der Waals surface area contributed by atoms with Gasteiger partial charge in [0.25, 0.3) is 5.56 Å². The van der Waals surface area contributed by atoms with E-state index in [2.05, 4.69) is 10.2 Å². The van der Waals surface area contributed by atoms with Crippen molar-refractivity contribution in [3.05, 3.63) is 16.4 Å². The summed E-state index contributed by atoms with van der Waals surface area (Å²) in [5.74, 6) is 0.366. The summed E-state index contributed by atoms with van der Waals surface area (Å²) in [4.78, 5) is 10.1. The van der Waals surface area contributed by atoms with Crippen LogP contribution in [-0.2, 0) is 0 Å². The highest BCUT2D eigenvalue weighted by Gasteiger charge is 1.82. The predicted octanol–water partition coefficient (Wildman–Crippen LogP) is -0.293. The summed E-state index contributed by atoms with van der Waals surface area (Å²) < 4.78 is 0. The smallest absolute Gasteiger partial charge is 0.266 e. The lowest BCUT2D eigenvalue weighted by molar-refractivity contribution is 1.06. The second-order valence-corrected chi connectivity index (χ2v) is 1.21. The van der Waals surface area contributed by atoms with Crippen molar-refractivity contribution in [1.29, 1.82) is 0 Å². The number of halogens is 1. The van der Waals surface area contributed by atoms with Gasteiger partial charge in [-0.25, -0.2) is 0 Å². The lowest BCUT2D eigenvalue weighted by Crippen LogP contribution is -1.93. The van der Waals surface area contributed by atoms with Gasteiger partial charge in [-0.1, -0.05) is 0 Å². The number of nitrogens with one attached hydrogen (secondary N) is 2. The number of anilines is 1. The van der Waals surface area contributed by atoms with Crippen LogP contribution in [0.2, 0.25) is 0 Å². The molecule has 0 amide bonds. The van der Waals surface area contributed by atoms with Crippen LogP contribution in [0.3, 0.4) is 0 Å². The zero-order valence-corrected chi connectivity index (χ0v) is 4.79. The molecule has 8 heavy (non-hydrogen) atoms. The fraction of sp³-hybridized carbons (Fsp3) is 0. The van der Waals surface area contributed by atoms with Gasteiger partial charge >= 0.3 is 0 Å². The van der Waals surface area contributed by atoms with Crippen molar-refractivity contribution >= 4 is 18.2 Å². The van der Waals surface area contributed by atoms with Crippen molar-refractivity contribution in [2.24, 2.45) is 0 Å². The second kappa shape index (κ2) is 2.42. The molecule has 1 rings (SSSR count). The van der Waals surface area contributed by atoms with Gasteiger partial charge in [-0.2, -0.15) is 0 Å². The molecule has 0 radical (unpaired) electrons. The fourth-order valence-electron chi connectivity index (χ4n) is 0.347. The van der Waals surface area contributed by atoms with Crippen LogP contribution in [-0.4, -0.2) is 10.2 Å². The molecule has 46 valence electrons. The van der Waals surface area contributed by atoms with Crippen LogP contribution in [0.4, 0.5) is 5.82 Å². The number of rotatable bonds is 0. The number of aromatic nitrogens is 2. The first-order valence-corrected chi connectivity index (χ1v) is 1.82. The average molecular weight is 136 g/mol. The van der Waals surface area contributed by atoms with E-state index in [0.717, 1.165) is 0 Å². The van der Waals surface area contributed by atoms with Gasteiger partial charge in [-0.15, -0.1) is 12.4 Å². The van der Waals surface area contributed by atoms with Gasteiger partial charge in [0.15, 0.2) is 0 Å². The molecule has 0 saturated heterocycles. The Morgan fingerprint density at radius 3 is 2.25 bits per heavy atom. The number of hydrogen-bond donors (Lipinski definition) is 3. The van der Waals surface area contributed by atoms with Crippen molar-refractivity contribution < 1.29 is 0 Å². The van der Waals surface area contributed by atoms with E-state index in [4.69, 9.17) is 5.73 Å². The van der Waals surface area contributed by atoms with Gasteiger partial charge in [-0.3, -0.25) is 15.0 Å². The molecule has 0 aliphatic carbocycles. The molecule has 0 atom stereocenters. The highest BCUT2D eigenvalue weighted by molar-refractivity contribution is 5.85. The fourth-order valence-corrected chi connectivity index (χ4v) is 0.347. The molecule has 1 heterocycles. The van der Waals surface area contributed by atoms with Crippen molar-refractivity contribution in [1.82, 2.24) is 10.2 Å². The average Bonchev–Trinajstić information content (AvgIpc) is 1.87. The molecule has 0 aromatic carbocycles. The lowest BCUT2D eigenvalue weighted by atomic mass is 10.7. The summed E-state index contributed by atoms with van der Waals surface area (Å²) in [6.07, 6.45) is 0. The van der Waals surface area contributed by atoms with E-state index < -0.39 is 0 Å². The van der Waals surface area contributed by atoms with E-state index >= 15 is 0 Å². The van der Waals surface area contributed by atoms with E-state index in [1.165, 1.54) is 6.07 Å². The second-order valence-electron chi connectivity index (χ2n) is 1.21. The first kappa shape index (κ1) is 7.10. The summed E-state index contributed by atoms with van der Waals surface area (Å²) in [5, 5.41) is 4.67.